The highest BCUT2D eigenvalue weighted by Gasteiger charge is 2.61. The first-order chi connectivity index (χ1) is 13.4. The molecule has 0 bridgehead atoms. The lowest BCUT2D eigenvalue weighted by molar-refractivity contribution is -0.114. The maximum atomic E-state index is 13.4. The van der Waals surface area contributed by atoms with Gasteiger partial charge in [0.05, 0.1) is 0 Å². The van der Waals surface area contributed by atoms with Gasteiger partial charge in [-0.3, -0.25) is 9.78 Å². The zero-order chi connectivity index (χ0) is 19.5. The van der Waals surface area contributed by atoms with Gasteiger partial charge in [0.1, 0.15) is 0 Å². The van der Waals surface area contributed by atoms with Crippen LogP contribution in [0.25, 0.3) is 0 Å². The van der Waals surface area contributed by atoms with E-state index in [2.05, 4.69) is 25.8 Å². The second-order valence-corrected chi connectivity index (χ2v) is 11.3. The largest absolute Gasteiger partial charge is 0.294 e. The van der Waals surface area contributed by atoms with Crippen LogP contribution in [0.3, 0.4) is 0 Å². The summed E-state index contributed by atoms with van der Waals surface area (Å²) in [6, 6.07) is 3.87. The molecule has 0 radical (unpaired) electrons. The second-order valence-electron chi connectivity index (χ2n) is 11.3. The van der Waals surface area contributed by atoms with Crippen LogP contribution >= 0.6 is 0 Å². The standard InChI is InChI=1S/C26H37NO/c1-17-10-12-25(2)19(15-17)6-7-20-21-8-9-23(26(21,3)13-11-22(20)25)24(28)18-5-4-14-27-16-18/h4-5,14,16-17,19-23H,6-13,15H2,1-3H3. The molecule has 152 valence electrons. The summed E-state index contributed by atoms with van der Waals surface area (Å²) in [5, 5.41) is 0. The molecule has 1 heterocycles. The second kappa shape index (κ2) is 6.67. The third-order valence-corrected chi connectivity index (χ3v) is 10.2. The molecule has 0 amide bonds. The number of carbonyl (C=O) groups is 1. The number of aromatic nitrogens is 1. The molecule has 0 aromatic carbocycles. The van der Waals surface area contributed by atoms with Crippen molar-refractivity contribution in [2.75, 3.05) is 0 Å². The third kappa shape index (κ3) is 2.66. The quantitative estimate of drug-likeness (QED) is 0.545. The van der Waals surface area contributed by atoms with E-state index in [0.717, 1.165) is 41.6 Å². The number of hydrogen-bond donors (Lipinski definition) is 0. The Kier molecular flexibility index (Phi) is 4.49. The van der Waals surface area contributed by atoms with Gasteiger partial charge in [0.25, 0.3) is 0 Å². The molecule has 0 saturated heterocycles. The first kappa shape index (κ1) is 18.8. The van der Waals surface area contributed by atoms with Gasteiger partial charge in [0.2, 0.25) is 0 Å². The fourth-order valence-electron chi connectivity index (χ4n) is 8.61. The molecule has 1 aromatic heterocycles. The summed E-state index contributed by atoms with van der Waals surface area (Å²) in [6.07, 6.45) is 15.7. The number of nitrogens with zero attached hydrogens (tertiary/aromatic N) is 1. The number of fused-ring (bicyclic) bond motifs is 5. The smallest absolute Gasteiger partial charge is 0.168 e. The van der Waals surface area contributed by atoms with Crippen molar-refractivity contribution in [3.63, 3.8) is 0 Å². The molecule has 0 N–H and O–H groups in total. The van der Waals surface area contributed by atoms with Crippen LogP contribution in [0.15, 0.2) is 24.5 Å². The Bertz CT molecular complexity index is 744. The van der Waals surface area contributed by atoms with Gasteiger partial charge in [-0.2, -0.15) is 0 Å². The SMILES string of the molecule is CC1CCC2(C)C(CCC3C2CCC2(C)C(C(=O)c4cccnc4)CCC32)C1. The number of carbonyl (C=O) groups excluding carboxylic acids is 1. The lowest BCUT2D eigenvalue weighted by Gasteiger charge is -2.61. The summed E-state index contributed by atoms with van der Waals surface area (Å²) in [7, 11) is 0. The van der Waals surface area contributed by atoms with E-state index < -0.39 is 0 Å². The van der Waals surface area contributed by atoms with E-state index in [0.29, 0.717) is 11.2 Å². The molecule has 4 aliphatic carbocycles. The minimum atomic E-state index is 0.208. The number of rotatable bonds is 2. The number of Topliss-reactive ketones (excluding diaryl/α,β-unsaturated/α-hetero) is 1. The Hall–Kier alpha value is -1.18. The average molecular weight is 380 g/mol. The van der Waals surface area contributed by atoms with Crippen molar-refractivity contribution < 1.29 is 4.79 Å². The fourth-order valence-corrected chi connectivity index (χ4v) is 8.61. The van der Waals surface area contributed by atoms with Crippen molar-refractivity contribution in [1.29, 1.82) is 0 Å². The maximum Gasteiger partial charge on any atom is 0.168 e. The number of ketones is 1. The lowest BCUT2D eigenvalue weighted by atomic mass is 9.44. The average Bonchev–Trinajstić information content (AvgIpc) is 3.06. The van der Waals surface area contributed by atoms with Crippen LogP contribution in [0.2, 0.25) is 0 Å². The van der Waals surface area contributed by atoms with Crippen LogP contribution in [0.5, 0.6) is 0 Å². The molecule has 4 aliphatic rings. The molecule has 1 aromatic rings. The fraction of sp³-hybridized carbons (Fsp3) is 0.769. The molecule has 4 fully saturated rings. The topological polar surface area (TPSA) is 30.0 Å². The molecule has 8 atom stereocenters. The van der Waals surface area contributed by atoms with E-state index in [1.54, 1.807) is 12.4 Å². The zero-order valence-corrected chi connectivity index (χ0v) is 18.0. The summed E-state index contributed by atoms with van der Waals surface area (Å²) >= 11 is 0. The van der Waals surface area contributed by atoms with E-state index in [-0.39, 0.29) is 11.3 Å². The van der Waals surface area contributed by atoms with Crippen molar-refractivity contribution in [1.82, 2.24) is 4.98 Å². The molecule has 28 heavy (non-hydrogen) atoms. The van der Waals surface area contributed by atoms with Crippen molar-refractivity contribution >= 4 is 5.78 Å². The molecule has 4 saturated carbocycles. The van der Waals surface area contributed by atoms with Gasteiger partial charge in [-0.05, 0) is 104 Å². The minimum absolute atomic E-state index is 0.208. The van der Waals surface area contributed by atoms with E-state index in [4.69, 9.17) is 0 Å². The molecular formula is C26H37NO. The highest BCUT2D eigenvalue weighted by atomic mass is 16.1. The normalized spacial score (nSPS) is 47.7. The molecular weight excluding hydrogens is 342 g/mol. The van der Waals surface area contributed by atoms with Crippen molar-refractivity contribution in [2.24, 2.45) is 46.3 Å². The van der Waals surface area contributed by atoms with Crippen LogP contribution in [0.4, 0.5) is 0 Å². The van der Waals surface area contributed by atoms with Crippen LogP contribution in [-0.4, -0.2) is 10.8 Å². The lowest BCUT2D eigenvalue weighted by Crippen LogP contribution is -2.53. The van der Waals surface area contributed by atoms with Crippen LogP contribution in [-0.2, 0) is 0 Å². The highest BCUT2D eigenvalue weighted by Crippen LogP contribution is 2.67. The molecule has 2 heteroatoms. The summed E-state index contributed by atoms with van der Waals surface area (Å²) in [5.74, 6) is 4.98. The first-order valence-electron chi connectivity index (χ1n) is 11.9. The monoisotopic (exact) mass is 379 g/mol. The van der Waals surface area contributed by atoms with Gasteiger partial charge in [-0.1, -0.05) is 27.2 Å². The summed E-state index contributed by atoms with van der Waals surface area (Å²) in [4.78, 5) is 17.6. The van der Waals surface area contributed by atoms with Crippen molar-refractivity contribution in [2.45, 2.75) is 78.6 Å². The van der Waals surface area contributed by atoms with E-state index in [1.165, 1.54) is 51.4 Å². The van der Waals surface area contributed by atoms with Crippen LogP contribution in [0, 0.1) is 46.3 Å². The Morgan fingerprint density at radius 3 is 2.57 bits per heavy atom. The van der Waals surface area contributed by atoms with Gasteiger partial charge in [-0.25, -0.2) is 0 Å². The Balaban J connectivity index is 1.41. The zero-order valence-electron chi connectivity index (χ0n) is 18.0. The predicted octanol–water partition coefficient (Wildman–Crippen LogP) is 6.56. The predicted molar refractivity (Wildman–Crippen MR) is 113 cm³/mol. The molecule has 0 spiro atoms. The van der Waals surface area contributed by atoms with Gasteiger partial charge >= 0.3 is 0 Å². The molecule has 5 rings (SSSR count). The summed E-state index contributed by atoms with van der Waals surface area (Å²) < 4.78 is 0. The summed E-state index contributed by atoms with van der Waals surface area (Å²) in [5.41, 5.74) is 1.61. The maximum absolute atomic E-state index is 13.4. The van der Waals surface area contributed by atoms with Gasteiger partial charge in [-0.15, -0.1) is 0 Å². The van der Waals surface area contributed by atoms with Gasteiger partial charge in [0, 0.05) is 23.9 Å². The van der Waals surface area contributed by atoms with Crippen molar-refractivity contribution in [3.8, 4) is 0 Å². The third-order valence-electron chi connectivity index (χ3n) is 10.2. The number of pyridine rings is 1. The highest BCUT2D eigenvalue weighted by molar-refractivity contribution is 5.98. The Morgan fingerprint density at radius 2 is 1.79 bits per heavy atom. The number of hydrogen-bond acceptors (Lipinski definition) is 2. The van der Waals surface area contributed by atoms with E-state index >= 15 is 0 Å². The van der Waals surface area contributed by atoms with Crippen molar-refractivity contribution in [3.05, 3.63) is 30.1 Å². The molecule has 0 aliphatic heterocycles. The Labute approximate surface area is 170 Å². The molecule has 8 unspecified atom stereocenters. The first-order valence-corrected chi connectivity index (χ1v) is 11.9. The van der Waals surface area contributed by atoms with Gasteiger partial charge < -0.3 is 0 Å². The minimum Gasteiger partial charge on any atom is -0.294 e. The summed E-state index contributed by atoms with van der Waals surface area (Å²) in [6.45, 7) is 7.59. The molecule has 2 nitrogen and oxygen atoms in total. The van der Waals surface area contributed by atoms with Gasteiger partial charge in [0.15, 0.2) is 5.78 Å². The van der Waals surface area contributed by atoms with E-state index in [9.17, 15) is 4.79 Å². The van der Waals surface area contributed by atoms with E-state index in [1.807, 2.05) is 12.1 Å². The van der Waals surface area contributed by atoms with Crippen LogP contribution < -0.4 is 0 Å². The van der Waals surface area contributed by atoms with Crippen LogP contribution in [0.1, 0.15) is 88.9 Å². The Morgan fingerprint density at radius 1 is 1.00 bits per heavy atom.